The summed E-state index contributed by atoms with van der Waals surface area (Å²) in [5.41, 5.74) is 16.8. The van der Waals surface area contributed by atoms with Crippen LogP contribution in [0, 0.1) is 27.7 Å². The molecule has 4 rings (SSSR count). The summed E-state index contributed by atoms with van der Waals surface area (Å²) in [4.78, 5) is -1.28. The molecule has 0 spiro atoms. The van der Waals surface area contributed by atoms with Crippen molar-refractivity contribution in [2.75, 3.05) is 11.5 Å². The van der Waals surface area contributed by atoms with Crippen LogP contribution in [0.1, 0.15) is 22.3 Å². The van der Waals surface area contributed by atoms with Gasteiger partial charge >= 0.3 is 0 Å². The Morgan fingerprint density at radius 3 is 1.21 bits per heavy atom. The predicted molar refractivity (Wildman–Crippen MR) is 161 cm³/mol. The zero-order chi connectivity index (χ0) is 31.0. The molecule has 0 aromatic heterocycles. The number of benzene rings is 4. The van der Waals surface area contributed by atoms with Gasteiger partial charge in [-0.2, -0.15) is 37.3 Å². The molecule has 0 radical (unpaired) electrons. The van der Waals surface area contributed by atoms with E-state index in [1.165, 1.54) is 24.3 Å². The van der Waals surface area contributed by atoms with Crippen molar-refractivity contribution in [2.24, 2.45) is 20.5 Å². The Hall–Kier alpha value is -4.50. The normalized spacial score (nSPS) is 12.4. The number of nitrogens with two attached hydrogens (primary N) is 2. The second-order valence-electron chi connectivity index (χ2n) is 9.70. The number of hydrogen-bond donors (Lipinski definition) is 4. The first kappa shape index (κ1) is 30.5. The van der Waals surface area contributed by atoms with E-state index in [9.17, 15) is 25.9 Å². The molecule has 14 heteroatoms. The van der Waals surface area contributed by atoms with E-state index in [-0.39, 0.29) is 22.5 Å². The standard InChI is InChI=1S/C28H28N6O6S2/c1-15-11-25(17(3)9-23(15)29)33-31-19-5-7-21(27(13-19)41(35,36)37)22-8-6-20(14-28(22)42(38,39)40)32-34-26-12-16(2)24(30)10-18(26)4/h5-14H,29-30H2,1-4H3,(H,35,36,37)(H,38,39,40)/b33-31+,34-32+. The van der Waals surface area contributed by atoms with Crippen LogP contribution in [0.2, 0.25) is 0 Å². The molecule has 0 bridgehead atoms. The van der Waals surface area contributed by atoms with Crippen LogP contribution in [-0.4, -0.2) is 25.9 Å². The molecular weight excluding hydrogens is 580 g/mol. The number of rotatable bonds is 7. The van der Waals surface area contributed by atoms with Gasteiger partial charge in [-0.25, -0.2) is 0 Å². The minimum Gasteiger partial charge on any atom is -0.399 e. The van der Waals surface area contributed by atoms with Crippen molar-refractivity contribution in [3.63, 3.8) is 0 Å². The Kier molecular flexibility index (Phi) is 8.27. The maximum atomic E-state index is 12.4. The third kappa shape index (κ3) is 6.69. The second kappa shape index (κ2) is 11.4. The molecule has 0 saturated heterocycles. The van der Waals surface area contributed by atoms with Gasteiger partial charge < -0.3 is 11.5 Å². The van der Waals surface area contributed by atoms with E-state index in [2.05, 4.69) is 20.5 Å². The first-order valence-corrected chi connectivity index (χ1v) is 15.2. The van der Waals surface area contributed by atoms with Gasteiger partial charge in [0, 0.05) is 22.5 Å². The molecule has 4 aromatic rings. The van der Waals surface area contributed by atoms with Gasteiger partial charge in [0.15, 0.2) is 0 Å². The van der Waals surface area contributed by atoms with Crippen LogP contribution in [0.25, 0.3) is 11.1 Å². The summed E-state index contributed by atoms with van der Waals surface area (Å²) < 4.78 is 69.5. The lowest BCUT2D eigenvalue weighted by atomic mass is 10.0. The summed E-state index contributed by atoms with van der Waals surface area (Å²) in [6, 6.07) is 14.3. The molecule has 218 valence electrons. The van der Waals surface area contributed by atoms with E-state index in [0.29, 0.717) is 22.7 Å². The van der Waals surface area contributed by atoms with Gasteiger partial charge in [-0.15, -0.1) is 0 Å². The van der Waals surface area contributed by atoms with Gasteiger partial charge in [-0.3, -0.25) is 9.11 Å². The minimum atomic E-state index is -4.89. The summed E-state index contributed by atoms with van der Waals surface area (Å²) in [5, 5.41) is 16.5. The fourth-order valence-corrected chi connectivity index (χ4v) is 5.55. The summed E-state index contributed by atoms with van der Waals surface area (Å²) in [6.07, 6.45) is 0. The largest absolute Gasteiger partial charge is 0.399 e. The van der Waals surface area contributed by atoms with Crippen molar-refractivity contribution in [1.82, 2.24) is 0 Å². The maximum Gasteiger partial charge on any atom is 0.295 e. The van der Waals surface area contributed by atoms with E-state index < -0.39 is 30.0 Å². The van der Waals surface area contributed by atoms with Gasteiger partial charge in [-0.05, 0) is 98.5 Å². The van der Waals surface area contributed by atoms with Gasteiger partial charge in [0.1, 0.15) is 9.79 Å². The molecule has 42 heavy (non-hydrogen) atoms. The molecular formula is C28H28N6O6S2. The molecule has 0 atom stereocenters. The minimum absolute atomic E-state index is 0.0632. The van der Waals surface area contributed by atoms with Crippen LogP contribution in [0.4, 0.5) is 34.1 Å². The van der Waals surface area contributed by atoms with Gasteiger partial charge in [0.2, 0.25) is 0 Å². The SMILES string of the molecule is Cc1cc(/N=N/c2ccc(-c3ccc(/N=N/c4cc(C)c(N)cc4C)cc3S(=O)(=O)O)c(S(=O)(=O)O)c2)c(C)cc1N. The fraction of sp³-hybridized carbons (Fsp3) is 0.143. The van der Waals surface area contributed by atoms with Crippen LogP contribution in [0.15, 0.2) is 90.9 Å². The van der Waals surface area contributed by atoms with Crippen molar-refractivity contribution in [3.8, 4) is 11.1 Å². The fourth-order valence-electron chi connectivity index (χ4n) is 4.10. The Balaban J connectivity index is 1.80. The van der Waals surface area contributed by atoms with Crippen molar-refractivity contribution >= 4 is 54.4 Å². The highest BCUT2D eigenvalue weighted by Crippen LogP contribution is 2.38. The Bertz CT molecular complexity index is 1860. The van der Waals surface area contributed by atoms with E-state index >= 15 is 0 Å². The Labute approximate surface area is 243 Å². The number of hydrogen-bond acceptors (Lipinski definition) is 10. The lowest BCUT2D eigenvalue weighted by molar-refractivity contribution is 0.480. The molecule has 12 nitrogen and oxygen atoms in total. The van der Waals surface area contributed by atoms with Gasteiger partial charge in [0.05, 0.1) is 22.7 Å². The average molecular weight is 609 g/mol. The number of nitrogen functional groups attached to an aromatic ring is 2. The molecule has 0 aliphatic rings. The smallest absolute Gasteiger partial charge is 0.295 e. The van der Waals surface area contributed by atoms with Crippen LogP contribution >= 0.6 is 0 Å². The third-order valence-electron chi connectivity index (χ3n) is 6.49. The molecule has 0 heterocycles. The first-order valence-electron chi connectivity index (χ1n) is 12.3. The lowest BCUT2D eigenvalue weighted by Crippen LogP contribution is -2.05. The molecule has 0 fully saturated rings. The highest BCUT2D eigenvalue weighted by atomic mass is 32.2. The molecule has 0 unspecified atom stereocenters. The van der Waals surface area contributed by atoms with Gasteiger partial charge in [-0.1, -0.05) is 12.1 Å². The summed E-state index contributed by atoms with van der Waals surface area (Å²) in [7, 11) is -9.77. The quantitative estimate of drug-likeness (QED) is 0.0965. The van der Waals surface area contributed by atoms with E-state index in [1.807, 2.05) is 0 Å². The number of azo groups is 2. The average Bonchev–Trinajstić information content (AvgIpc) is 2.90. The van der Waals surface area contributed by atoms with E-state index in [1.54, 1.807) is 52.0 Å². The van der Waals surface area contributed by atoms with E-state index in [4.69, 9.17) is 11.5 Å². The van der Waals surface area contributed by atoms with Crippen LogP contribution in [0.5, 0.6) is 0 Å². The lowest BCUT2D eigenvalue weighted by Gasteiger charge is -2.12. The summed E-state index contributed by atoms with van der Waals surface area (Å²) in [6.45, 7) is 7.18. The summed E-state index contributed by atoms with van der Waals surface area (Å²) in [5.74, 6) is 0. The molecule has 0 aliphatic carbocycles. The highest BCUT2D eigenvalue weighted by molar-refractivity contribution is 7.86. The van der Waals surface area contributed by atoms with Crippen LogP contribution in [0.3, 0.4) is 0 Å². The van der Waals surface area contributed by atoms with Crippen molar-refractivity contribution < 1.29 is 25.9 Å². The zero-order valence-electron chi connectivity index (χ0n) is 23.1. The first-order chi connectivity index (χ1) is 19.5. The van der Waals surface area contributed by atoms with Gasteiger partial charge in [0.25, 0.3) is 20.2 Å². The summed E-state index contributed by atoms with van der Waals surface area (Å²) >= 11 is 0. The van der Waals surface area contributed by atoms with Crippen molar-refractivity contribution in [2.45, 2.75) is 37.5 Å². The number of aryl methyl sites for hydroxylation is 4. The monoisotopic (exact) mass is 608 g/mol. The molecule has 6 N–H and O–H groups in total. The maximum absolute atomic E-state index is 12.4. The van der Waals surface area contributed by atoms with E-state index in [0.717, 1.165) is 34.4 Å². The molecule has 0 amide bonds. The van der Waals surface area contributed by atoms with Crippen LogP contribution < -0.4 is 11.5 Å². The highest BCUT2D eigenvalue weighted by Gasteiger charge is 2.24. The predicted octanol–water partition coefficient (Wildman–Crippen LogP) is 7.08. The van der Waals surface area contributed by atoms with Crippen molar-refractivity contribution in [3.05, 3.63) is 82.9 Å². The molecule has 0 saturated carbocycles. The molecule has 4 aromatic carbocycles. The van der Waals surface area contributed by atoms with Crippen molar-refractivity contribution in [1.29, 1.82) is 0 Å². The number of anilines is 2. The molecule has 0 aliphatic heterocycles. The third-order valence-corrected chi connectivity index (χ3v) is 8.28. The zero-order valence-corrected chi connectivity index (χ0v) is 24.7. The second-order valence-corrected chi connectivity index (χ2v) is 12.5. The Morgan fingerprint density at radius 1 is 0.524 bits per heavy atom. The van der Waals surface area contributed by atoms with Crippen LogP contribution in [-0.2, 0) is 20.2 Å². The topological polar surface area (TPSA) is 210 Å². The number of nitrogens with zero attached hydrogens (tertiary/aromatic N) is 4. The Morgan fingerprint density at radius 2 is 0.881 bits per heavy atom.